The molecule has 0 unspecified atom stereocenters. The van der Waals surface area contributed by atoms with Crippen LogP contribution in [0.1, 0.15) is 21.5 Å². The number of pyridine rings is 1. The molecule has 0 radical (unpaired) electrons. The lowest BCUT2D eigenvalue weighted by Crippen LogP contribution is -2.24. The number of nitrogens with zero attached hydrogens (tertiary/aromatic N) is 1. The molecule has 2 aromatic carbocycles. The zero-order chi connectivity index (χ0) is 22.4. The summed E-state index contributed by atoms with van der Waals surface area (Å²) in [5.74, 6) is -0.255. The number of carbonyl (C=O) groups excluding carboxylic acids is 1. The molecule has 1 aromatic heterocycles. The number of amides is 1. The van der Waals surface area contributed by atoms with Crippen molar-refractivity contribution in [2.75, 3.05) is 14.2 Å². The molecule has 0 aliphatic heterocycles. The predicted molar refractivity (Wildman–Crippen MR) is 117 cm³/mol. The molecule has 0 fully saturated rings. The highest BCUT2D eigenvalue weighted by atomic mass is 32.2. The fourth-order valence-corrected chi connectivity index (χ4v) is 3.89. The van der Waals surface area contributed by atoms with Crippen molar-refractivity contribution in [2.45, 2.75) is 18.0 Å². The molecular weight excluding hydrogens is 418 g/mol. The second kappa shape index (κ2) is 9.59. The van der Waals surface area contributed by atoms with Gasteiger partial charge in [-0.15, -0.1) is 0 Å². The molecule has 0 aliphatic rings. The third-order valence-electron chi connectivity index (χ3n) is 4.71. The predicted octanol–water partition coefficient (Wildman–Crippen LogP) is 1.74. The zero-order valence-electron chi connectivity index (χ0n) is 17.2. The Morgan fingerprint density at radius 2 is 1.74 bits per heavy atom. The topological polar surface area (TPSA) is 106 Å². The van der Waals surface area contributed by atoms with Crippen molar-refractivity contribution >= 4 is 15.9 Å². The number of rotatable bonds is 8. The number of aromatic nitrogens is 1. The summed E-state index contributed by atoms with van der Waals surface area (Å²) in [6.07, 6.45) is 1.73. The van der Waals surface area contributed by atoms with Crippen LogP contribution in [0.2, 0.25) is 0 Å². The minimum Gasteiger partial charge on any atom is -0.495 e. The second-order valence-electron chi connectivity index (χ2n) is 6.74. The van der Waals surface area contributed by atoms with E-state index in [-0.39, 0.29) is 28.3 Å². The smallest absolute Gasteiger partial charge is 0.251 e. The Kier molecular flexibility index (Phi) is 6.88. The van der Waals surface area contributed by atoms with Gasteiger partial charge in [0.2, 0.25) is 10.0 Å². The van der Waals surface area contributed by atoms with E-state index in [4.69, 9.17) is 4.74 Å². The van der Waals surface area contributed by atoms with E-state index in [2.05, 4.69) is 10.0 Å². The van der Waals surface area contributed by atoms with Crippen molar-refractivity contribution in [2.24, 2.45) is 0 Å². The third-order valence-corrected chi connectivity index (χ3v) is 6.15. The van der Waals surface area contributed by atoms with Gasteiger partial charge in [-0.1, -0.05) is 30.3 Å². The van der Waals surface area contributed by atoms with E-state index < -0.39 is 15.9 Å². The molecule has 0 saturated carbocycles. The van der Waals surface area contributed by atoms with Gasteiger partial charge in [-0.2, -0.15) is 0 Å². The summed E-state index contributed by atoms with van der Waals surface area (Å²) >= 11 is 0. The summed E-state index contributed by atoms with van der Waals surface area (Å²) in [7, 11) is -1.12. The molecule has 9 heteroatoms. The Labute approximate surface area is 180 Å². The Bertz CT molecular complexity index is 1230. The summed E-state index contributed by atoms with van der Waals surface area (Å²) in [5.41, 5.74) is 1.96. The van der Waals surface area contributed by atoms with Gasteiger partial charge in [0.05, 0.1) is 13.7 Å². The molecule has 8 nitrogen and oxygen atoms in total. The highest BCUT2D eigenvalue weighted by Crippen LogP contribution is 2.24. The van der Waals surface area contributed by atoms with Crippen LogP contribution in [0.3, 0.4) is 0 Å². The van der Waals surface area contributed by atoms with Crippen LogP contribution in [0.5, 0.6) is 5.75 Å². The van der Waals surface area contributed by atoms with Crippen molar-refractivity contribution < 1.29 is 17.9 Å². The van der Waals surface area contributed by atoms with E-state index in [1.807, 2.05) is 24.3 Å². The summed E-state index contributed by atoms with van der Waals surface area (Å²) < 4.78 is 33.3. The Hall–Kier alpha value is -3.43. The maximum Gasteiger partial charge on any atom is 0.251 e. The van der Waals surface area contributed by atoms with Gasteiger partial charge in [-0.05, 0) is 42.4 Å². The Morgan fingerprint density at radius 3 is 2.39 bits per heavy atom. The molecule has 162 valence electrons. The van der Waals surface area contributed by atoms with Gasteiger partial charge < -0.3 is 14.6 Å². The van der Waals surface area contributed by atoms with Crippen molar-refractivity contribution in [1.29, 1.82) is 0 Å². The van der Waals surface area contributed by atoms with Gasteiger partial charge in [-0.3, -0.25) is 9.59 Å². The van der Waals surface area contributed by atoms with Gasteiger partial charge in [-0.25, -0.2) is 13.1 Å². The average molecular weight is 442 g/mol. The van der Waals surface area contributed by atoms with Crippen LogP contribution < -0.4 is 20.3 Å². The largest absolute Gasteiger partial charge is 0.495 e. The number of hydrogen-bond donors (Lipinski definition) is 2. The van der Waals surface area contributed by atoms with E-state index in [0.29, 0.717) is 6.54 Å². The molecular formula is C22H23N3O5S. The zero-order valence-corrected chi connectivity index (χ0v) is 18.0. The lowest BCUT2D eigenvalue weighted by Gasteiger charge is -2.11. The number of hydrogen-bond acceptors (Lipinski definition) is 5. The van der Waals surface area contributed by atoms with Gasteiger partial charge in [0.1, 0.15) is 10.6 Å². The third kappa shape index (κ3) is 5.39. The number of methoxy groups -OCH3 is 1. The van der Waals surface area contributed by atoms with E-state index in [1.165, 1.54) is 38.4 Å². The van der Waals surface area contributed by atoms with Gasteiger partial charge in [0.25, 0.3) is 11.5 Å². The van der Waals surface area contributed by atoms with Crippen molar-refractivity contribution in [1.82, 2.24) is 14.6 Å². The molecule has 1 heterocycles. The molecule has 3 aromatic rings. The second-order valence-corrected chi connectivity index (χ2v) is 8.59. The Morgan fingerprint density at radius 1 is 1.03 bits per heavy atom. The maximum absolute atomic E-state index is 12.5. The van der Waals surface area contributed by atoms with Crippen molar-refractivity contribution in [3.63, 3.8) is 0 Å². The summed E-state index contributed by atoms with van der Waals surface area (Å²) in [6, 6.07) is 16.8. The minimum atomic E-state index is -3.78. The van der Waals surface area contributed by atoms with Gasteiger partial charge in [0.15, 0.2) is 0 Å². The average Bonchev–Trinajstić information content (AvgIpc) is 2.79. The monoisotopic (exact) mass is 441 g/mol. The Balaban J connectivity index is 1.67. The molecule has 0 spiro atoms. The van der Waals surface area contributed by atoms with E-state index in [9.17, 15) is 18.0 Å². The SMILES string of the molecule is CNS(=O)(=O)c1cc(C(=O)NCc2ccc(Cn3ccccc3=O)cc2)ccc1OC. The number of nitrogens with one attached hydrogen (secondary N) is 2. The molecule has 0 saturated heterocycles. The maximum atomic E-state index is 12.5. The molecule has 1 amide bonds. The van der Waals surface area contributed by atoms with Crippen molar-refractivity contribution in [3.8, 4) is 5.75 Å². The first-order chi connectivity index (χ1) is 14.8. The lowest BCUT2D eigenvalue weighted by molar-refractivity contribution is 0.0950. The molecule has 31 heavy (non-hydrogen) atoms. The molecule has 0 atom stereocenters. The first-order valence-corrected chi connectivity index (χ1v) is 11.0. The highest BCUT2D eigenvalue weighted by molar-refractivity contribution is 7.89. The minimum absolute atomic E-state index is 0.0713. The number of ether oxygens (including phenoxy) is 1. The number of carbonyl (C=O) groups is 1. The summed E-state index contributed by atoms with van der Waals surface area (Å²) in [5, 5.41) is 2.78. The molecule has 2 N–H and O–H groups in total. The van der Waals surface area contributed by atoms with Crippen LogP contribution >= 0.6 is 0 Å². The normalized spacial score (nSPS) is 11.2. The first-order valence-electron chi connectivity index (χ1n) is 9.47. The molecule has 0 aliphatic carbocycles. The quantitative estimate of drug-likeness (QED) is 0.554. The number of sulfonamides is 1. The first kappa shape index (κ1) is 22.3. The van der Waals surface area contributed by atoms with E-state index in [1.54, 1.807) is 22.9 Å². The fraction of sp³-hybridized carbons (Fsp3) is 0.182. The number of benzene rings is 2. The molecule has 3 rings (SSSR count). The van der Waals surface area contributed by atoms with Crippen LogP contribution in [0.4, 0.5) is 0 Å². The summed E-state index contributed by atoms with van der Waals surface area (Å²) in [6.45, 7) is 0.728. The van der Waals surface area contributed by atoms with E-state index >= 15 is 0 Å². The standard InChI is InChI=1S/C22H23N3O5S/c1-23-31(28,29)20-13-18(10-11-19(20)30-2)22(27)24-14-16-6-8-17(9-7-16)15-25-12-4-3-5-21(25)26/h3-13,23H,14-15H2,1-2H3,(H,24,27). The van der Waals surface area contributed by atoms with Gasteiger partial charge in [0, 0.05) is 24.4 Å². The van der Waals surface area contributed by atoms with Crippen LogP contribution in [0, 0.1) is 0 Å². The van der Waals surface area contributed by atoms with Gasteiger partial charge >= 0.3 is 0 Å². The highest BCUT2D eigenvalue weighted by Gasteiger charge is 2.20. The van der Waals surface area contributed by atoms with Crippen LogP contribution in [-0.2, 0) is 23.1 Å². The lowest BCUT2D eigenvalue weighted by atomic mass is 10.1. The summed E-state index contributed by atoms with van der Waals surface area (Å²) in [4.78, 5) is 24.2. The van der Waals surface area contributed by atoms with Crippen LogP contribution in [0.25, 0.3) is 0 Å². The van der Waals surface area contributed by atoms with Crippen LogP contribution in [0.15, 0.2) is 76.6 Å². The van der Waals surface area contributed by atoms with E-state index in [0.717, 1.165) is 11.1 Å². The van der Waals surface area contributed by atoms with Crippen LogP contribution in [-0.4, -0.2) is 33.0 Å². The fourth-order valence-electron chi connectivity index (χ4n) is 2.97. The van der Waals surface area contributed by atoms with Crippen molar-refractivity contribution in [3.05, 3.63) is 93.9 Å². The molecule has 0 bridgehead atoms.